The third-order valence-electron chi connectivity index (χ3n) is 5.77. The zero-order valence-electron chi connectivity index (χ0n) is 16.9. The number of nitrogens with zero attached hydrogens (tertiary/aromatic N) is 3. The molecule has 0 atom stereocenters. The van der Waals surface area contributed by atoms with Gasteiger partial charge in [0.1, 0.15) is 5.82 Å². The average molecular weight is 383 g/mol. The van der Waals surface area contributed by atoms with Gasteiger partial charge in [-0.3, -0.25) is 4.98 Å². The Hall–Kier alpha value is -3.18. The Morgan fingerprint density at radius 3 is 2.41 bits per heavy atom. The minimum Gasteiger partial charge on any atom is -0.354 e. The number of piperazine rings is 1. The van der Waals surface area contributed by atoms with E-state index in [1.165, 1.54) is 22.1 Å². The summed E-state index contributed by atoms with van der Waals surface area (Å²) in [4.78, 5) is 15.0. The van der Waals surface area contributed by atoms with Gasteiger partial charge in [0.15, 0.2) is 0 Å². The monoisotopic (exact) mass is 383 g/mol. The lowest BCUT2D eigenvalue weighted by atomic mass is 10.0. The number of pyridine rings is 2. The van der Waals surface area contributed by atoms with Crippen molar-refractivity contribution < 1.29 is 0 Å². The molecular weight excluding hydrogens is 358 g/mol. The van der Waals surface area contributed by atoms with E-state index in [9.17, 15) is 0 Å². The Morgan fingerprint density at radius 2 is 1.66 bits per heavy atom. The smallest absolute Gasteiger partial charge is 0.128 e. The molecule has 5 heteroatoms. The normalized spacial score (nSPS) is 14.5. The lowest BCUT2D eigenvalue weighted by molar-refractivity contribution is 0.585. The van der Waals surface area contributed by atoms with Crippen LogP contribution in [0.4, 0.5) is 5.82 Å². The number of benzene rings is 1. The average Bonchev–Trinajstić information content (AvgIpc) is 3.10. The predicted molar refractivity (Wildman–Crippen MR) is 119 cm³/mol. The van der Waals surface area contributed by atoms with Crippen molar-refractivity contribution >= 4 is 16.7 Å². The molecule has 1 aliphatic rings. The highest BCUT2D eigenvalue weighted by Gasteiger charge is 2.14. The minimum absolute atomic E-state index is 1.01. The van der Waals surface area contributed by atoms with Gasteiger partial charge >= 0.3 is 0 Å². The highest BCUT2D eigenvalue weighted by atomic mass is 15.2. The number of aryl methyl sites for hydroxylation is 2. The van der Waals surface area contributed by atoms with E-state index in [0.717, 1.165) is 54.5 Å². The van der Waals surface area contributed by atoms with Crippen molar-refractivity contribution in [3.05, 3.63) is 66.1 Å². The van der Waals surface area contributed by atoms with Crippen LogP contribution in [0.1, 0.15) is 11.3 Å². The predicted octanol–water partition coefficient (Wildman–Crippen LogP) is 4.32. The van der Waals surface area contributed by atoms with Gasteiger partial charge in [-0.1, -0.05) is 12.1 Å². The second-order valence-electron chi connectivity index (χ2n) is 7.71. The molecule has 1 aliphatic heterocycles. The summed E-state index contributed by atoms with van der Waals surface area (Å²) in [5, 5.41) is 4.64. The zero-order valence-corrected chi connectivity index (χ0v) is 16.9. The van der Waals surface area contributed by atoms with Gasteiger partial charge in [-0.2, -0.15) is 0 Å². The number of nitrogens with one attached hydrogen (secondary N) is 2. The fourth-order valence-corrected chi connectivity index (χ4v) is 4.15. The van der Waals surface area contributed by atoms with E-state index in [4.69, 9.17) is 4.98 Å². The molecule has 0 aliphatic carbocycles. The Labute approximate surface area is 170 Å². The molecule has 0 spiro atoms. The third kappa shape index (κ3) is 3.38. The molecule has 4 heterocycles. The third-order valence-corrected chi connectivity index (χ3v) is 5.77. The highest BCUT2D eigenvalue weighted by molar-refractivity contribution is 5.93. The number of hydrogen-bond donors (Lipinski definition) is 2. The Morgan fingerprint density at radius 1 is 0.862 bits per heavy atom. The maximum atomic E-state index is 4.74. The number of aromatic nitrogens is 3. The Bertz CT molecular complexity index is 1150. The summed E-state index contributed by atoms with van der Waals surface area (Å²) in [5.74, 6) is 1.05. The first-order valence-electron chi connectivity index (χ1n) is 10.2. The molecule has 2 N–H and O–H groups in total. The van der Waals surface area contributed by atoms with Crippen LogP contribution in [0.25, 0.3) is 33.3 Å². The molecule has 0 bridgehead atoms. The number of rotatable bonds is 3. The van der Waals surface area contributed by atoms with E-state index in [-0.39, 0.29) is 0 Å². The first kappa shape index (κ1) is 17.9. The summed E-state index contributed by atoms with van der Waals surface area (Å²) in [7, 11) is 0. The summed E-state index contributed by atoms with van der Waals surface area (Å²) in [6.07, 6.45) is 3.86. The largest absolute Gasteiger partial charge is 0.354 e. The SMILES string of the molecule is Cc1cc(-c2ccc3c(C)c(-c4ccc(N5CCNCC5)nc4)[nH]c3c2)ccn1. The van der Waals surface area contributed by atoms with Crippen molar-refractivity contribution in [2.24, 2.45) is 0 Å². The molecule has 1 aromatic carbocycles. The van der Waals surface area contributed by atoms with Crippen LogP contribution in [0, 0.1) is 13.8 Å². The van der Waals surface area contributed by atoms with Gasteiger partial charge in [0.2, 0.25) is 0 Å². The van der Waals surface area contributed by atoms with Crippen molar-refractivity contribution in [2.75, 3.05) is 31.1 Å². The summed E-state index contributed by atoms with van der Waals surface area (Å²) in [6, 6.07) is 15.1. The topological polar surface area (TPSA) is 56.8 Å². The minimum atomic E-state index is 1.01. The van der Waals surface area contributed by atoms with E-state index in [1.807, 2.05) is 19.3 Å². The van der Waals surface area contributed by atoms with Crippen molar-refractivity contribution in [3.63, 3.8) is 0 Å². The van der Waals surface area contributed by atoms with Gasteiger partial charge in [0.05, 0.1) is 5.69 Å². The van der Waals surface area contributed by atoms with Crippen LogP contribution >= 0.6 is 0 Å². The lowest BCUT2D eigenvalue weighted by Crippen LogP contribution is -2.43. The molecule has 3 aromatic heterocycles. The molecule has 1 fully saturated rings. The van der Waals surface area contributed by atoms with E-state index in [0.29, 0.717) is 0 Å². The van der Waals surface area contributed by atoms with Crippen LogP contribution in [0.2, 0.25) is 0 Å². The fourth-order valence-electron chi connectivity index (χ4n) is 4.15. The number of aromatic amines is 1. The quantitative estimate of drug-likeness (QED) is 0.553. The number of H-pyrrole nitrogens is 1. The number of anilines is 1. The van der Waals surface area contributed by atoms with Crippen molar-refractivity contribution in [3.8, 4) is 22.4 Å². The van der Waals surface area contributed by atoms with Crippen LogP contribution in [-0.4, -0.2) is 41.1 Å². The van der Waals surface area contributed by atoms with Gasteiger partial charge in [-0.25, -0.2) is 4.98 Å². The standard InChI is InChI=1S/C24H25N5/c1-16-13-19(7-8-26-16)18-3-5-21-17(2)24(28-22(21)14-18)20-4-6-23(27-15-20)29-11-9-25-10-12-29/h3-8,13-15,25,28H,9-12H2,1-2H3. The van der Waals surface area contributed by atoms with Gasteiger partial charge < -0.3 is 15.2 Å². The summed E-state index contributed by atoms with van der Waals surface area (Å²) >= 11 is 0. The molecule has 0 unspecified atom stereocenters. The molecule has 5 nitrogen and oxygen atoms in total. The molecule has 146 valence electrons. The molecule has 0 saturated carbocycles. The second-order valence-corrected chi connectivity index (χ2v) is 7.71. The van der Waals surface area contributed by atoms with Crippen LogP contribution in [0.15, 0.2) is 54.9 Å². The van der Waals surface area contributed by atoms with Crippen molar-refractivity contribution in [2.45, 2.75) is 13.8 Å². The van der Waals surface area contributed by atoms with Crippen LogP contribution < -0.4 is 10.2 Å². The zero-order chi connectivity index (χ0) is 19.8. The highest BCUT2D eigenvalue weighted by Crippen LogP contribution is 2.32. The summed E-state index contributed by atoms with van der Waals surface area (Å²) in [6.45, 7) is 8.25. The van der Waals surface area contributed by atoms with Gasteiger partial charge in [0.25, 0.3) is 0 Å². The maximum absolute atomic E-state index is 4.74. The van der Waals surface area contributed by atoms with Gasteiger partial charge in [-0.05, 0) is 60.9 Å². The molecule has 1 saturated heterocycles. The van der Waals surface area contributed by atoms with Gasteiger partial charge in [0, 0.05) is 60.7 Å². The van der Waals surface area contributed by atoms with E-state index < -0.39 is 0 Å². The van der Waals surface area contributed by atoms with Crippen molar-refractivity contribution in [1.82, 2.24) is 20.3 Å². The van der Waals surface area contributed by atoms with Crippen LogP contribution in [-0.2, 0) is 0 Å². The Kier molecular flexibility index (Phi) is 4.52. The summed E-state index contributed by atoms with van der Waals surface area (Å²) < 4.78 is 0. The number of fused-ring (bicyclic) bond motifs is 1. The number of hydrogen-bond acceptors (Lipinski definition) is 4. The molecule has 5 rings (SSSR count). The Balaban J connectivity index is 1.49. The first-order valence-corrected chi connectivity index (χ1v) is 10.2. The maximum Gasteiger partial charge on any atom is 0.128 e. The molecular formula is C24H25N5. The van der Waals surface area contributed by atoms with E-state index >= 15 is 0 Å². The van der Waals surface area contributed by atoms with Crippen LogP contribution in [0.3, 0.4) is 0 Å². The molecule has 4 aromatic rings. The fraction of sp³-hybridized carbons (Fsp3) is 0.250. The second kappa shape index (κ2) is 7.33. The molecule has 29 heavy (non-hydrogen) atoms. The van der Waals surface area contributed by atoms with E-state index in [1.54, 1.807) is 0 Å². The van der Waals surface area contributed by atoms with E-state index in [2.05, 4.69) is 69.6 Å². The lowest BCUT2D eigenvalue weighted by Gasteiger charge is -2.28. The molecule has 0 amide bonds. The van der Waals surface area contributed by atoms with Crippen LogP contribution in [0.5, 0.6) is 0 Å². The molecule has 0 radical (unpaired) electrons. The summed E-state index contributed by atoms with van der Waals surface area (Å²) in [5.41, 5.74) is 8.09. The van der Waals surface area contributed by atoms with Gasteiger partial charge in [-0.15, -0.1) is 0 Å². The van der Waals surface area contributed by atoms with Crippen molar-refractivity contribution in [1.29, 1.82) is 0 Å². The first-order chi connectivity index (χ1) is 14.2.